The number of hydrogen-bond acceptors (Lipinski definition) is 3. The Morgan fingerprint density at radius 3 is 2.74 bits per heavy atom. The Hall–Kier alpha value is -1.10. The van der Waals surface area contributed by atoms with E-state index in [4.69, 9.17) is 4.74 Å². The van der Waals surface area contributed by atoms with Gasteiger partial charge < -0.3 is 15.0 Å². The normalized spacial score (nSPS) is 35.6. The zero-order chi connectivity index (χ0) is 13.4. The maximum Gasteiger partial charge on any atom is 0.246 e. The Labute approximate surface area is 113 Å². The van der Waals surface area contributed by atoms with E-state index in [1.54, 1.807) is 4.90 Å². The Kier molecular flexibility index (Phi) is 3.48. The SMILES string of the molecule is CC1C(=O)NC(C2CC2)C(=O)N1CCC1CCOC1. The number of amides is 2. The van der Waals surface area contributed by atoms with Crippen LogP contribution in [-0.4, -0.2) is 48.6 Å². The largest absolute Gasteiger partial charge is 0.381 e. The molecule has 0 aromatic carbocycles. The molecular weight excluding hydrogens is 244 g/mol. The van der Waals surface area contributed by atoms with Crippen molar-refractivity contribution in [1.82, 2.24) is 10.2 Å². The van der Waals surface area contributed by atoms with Crippen LogP contribution in [0.25, 0.3) is 0 Å². The van der Waals surface area contributed by atoms with Crippen molar-refractivity contribution in [1.29, 1.82) is 0 Å². The topological polar surface area (TPSA) is 58.6 Å². The van der Waals surface area contributed by atoms with E-state index in [-0.39, 0.29) is 23.9 Å². The van der Waals surface area contributed by atoms with E-state index in [1.165, 1.54) is 0 Å². The van der Waals surface area contributed by atoms with E-state index < -0.39 is 0 Å². The molecule has 3 unspecified atom stereocenters. The van der Waals surface area contributed by atoms with Crippen LogP contribution in [0.5, 0.6) is 0 Å². The summed E-state index contributed by atoms with van der Waals surface area (Å²) in [6, 6.07) is -0.589. The highest BCUT2D eigenvalue weighted by Gasteiger charge is 2.45. The molecule has 3 atom stereocenters. The van der Waals surface area contributed by atoms with Crippen molar-refractivity contribution in [3.63, 3.8) is 0 Å². The number of carbonyl (C=O) groups excluding carboxylic acids is 2. The van der Waals surface area contributed by atoms with Gasteiger partial charge in [-0.05, 0) is 44.4 Å². The van der Waals surface area contributed by atoms with Gasteiger partial charge >= 0.3 is 0 Å². The molecule has 2 saturated heterocycles. The summed E-state index contributed by atoms with van der Waals surface area (Å²) in [7, 11) is 0. The summed E-state index contributed by atoms with van der Waals surface area (Å²) >= 11 is 0. The molecule has 5 nitrogen and oxygen atoms in total. The lowest BCUT2D eigenvalue weighted by molar-refractivity contribution is -0.149. The molecule has 0 bridgehead atoms. The van der Waals surface area contributed by atoms with Crippen molar-refractivity contribution < 1.29 is 14.3 Å². The fourth-order valence-corrected chi connectivity index (χ4v) is 3.03. The summed E-state index contributed by atoms with van der Waals surface area (Å²) in [4.78, 5) is 26.2. The van der Waals surface area contributed by atoms with Crippen LogP contribution in [0.2, 0.25) is 0 Å². The Morgan fingerprint density at radius 2 is 2.11 bits per heavy atom. The minimum atomic E-state index is -0.329. The van der Waals surface area contributed by atoms with Gasteiger partial charge in [-0.2, -0.15) is 0 Å². The molecule has 0 aromatic heterocycles. The van der Waals surface area contributed by atoms with Crippen molar-refractivity contribution in [2.24, 2.45) is 11.8 Å². The predicted octanol–water partition coefficient (Wildman–Crippen LogP) is 0.538. The summed E-state index contributed by atoms with van der Waals surface area (Å²) in [5.74, 6) is 1.04. The first-order valence-corrected chi connectivity index (χ1v) is 7.35. The van der Waals surface area contributed by atoms with Crippen LogP contribution < -0.4 is 5.32 Å². The Balaban J connectivity index is 1.62. The molecule has 3 rings (SSSR count). The third-order valence-electron chi connectivity index (χ3n) is 4.59. The van der Waals surface area contributed by atoms with Crippen molar-refractivity contribution in [3.05, 3.63) is 0 Å². The van der Waals surface area contributed by atoms with Gasteiger partial charge in [0, 0.05) is 19.8 Å². The van der Waals surface area contributed by atoms with Crippen LogP contribution in [0.3, 0.4) is 0 Å². The third kappa shape index (κ3) is 2.61. The second-order valence-corrected chi connectivity index (χ2v) is 6.05. The quantitative estimate of drug-likeness (QED) is 0.808. The summed E-state index contributed by atoms with van der Waals surface area (Å²) < 4.78 is 5.36. The van der Waals surface area contributed by atoms with Gasteiger partial charge in [-0.1, -0.05) is 0 Å². The molecule has 0 radical (unpaired) electrons. The van der Waals surface area contributed by atoms with Crippen LogP contribution in [0, 0.1) is 11.8 Å². The van der Waals surface area contributed by atoms with Gasteiger partial charge in [0.1, 0.15) is 12.1 Å². The summed E-state index contributed by atoms with van der Waals surface area (Å²) in [5, 5.41) is 2.88. The van der Waals surface area contributed by atoms with Gasteiger partial charge in [0.15, 0.2) is 0 Å². The standard InChI is InChI=1S/C14H22N2O3/c1-9-13(17)15-12(11-2-3-11)14(18)16(9)6-4-10-5-7-19-8-10/h9-12H,2-8H2,1H3,(H,15,17). The predicted molar refractivity (Wildman–Crippen MR) is 69.4 cm³/mol. The van der Waals surface area contributed by atoms with Crippen LogP contribution in [0.15, 0.2) is 0 Å². The van der Waals surface area contributed by atoms with Gasteiger partial charge in [-0.3, -0.25) is 9.59 Å². The van der Waals surface area contributed by atoms with Crippen LogP contribution in [0.4, 0.5) is 0 Å². The van der Waals surface area contributed by atoms with Crippen LogP contribution >= 0.6 is 0 Å². The van der Waals surface area contributed by atoms with E-state index in [1.807, 2.05) is 6.92 Å². The van der Waals surface area contributed by atoms with E-state index >= 15 is 0 Å². The molecule has 1 aliphatic carbocycles. The Bertz CT molecular complexity index is 375. The number of piperazine rings is 1. The second kappa shape index (κ2) is 5.12. The maximum absolute atomic E-state index is 12.4. The number of ether oxygens (including phenoxy) is 1. The molecule has 5 heteroatoms. The van der Waals surface area contributed by atoms with Gasteiger partial charge in [0.25, 0.3) is 0 Å². The number of nitrogens with one attached hydrogen (secondary N) is 1. The highest BCUT2D eigenvalue weighted by Crippen LogP contribution is 2.35. The minimum Gasteiger partial charge on any atom is -0.381 e. The molecule has 0 aromatic rings. The van der Waals surface area contributed by atoms with E-state index in [0.29, 0.717) is 18.4 Å². The fraction of sp³-hybridized carbons (Fsp3) is 0.857. The monoisotopic (exact) mass is 266 g/mol. The van der Waals surface area contributed by atoms with E-state index in [2.05, 4.69) is 5.32 Å². The average molecular weight is 266 g/mol. The first-order chi connectivity index (χ1) is 9.16. The molecule has 1 saturated carbocycles. The molecule has 106 valence electrons. The van der Waals surface area contributed by atoms with E-state index in [9.17, 15) is 9.59 Å². The molecule has 3 fully saturated rings. The summed E-state index contributed by atoms with van der Waals surface area (Å²) in [5.41, 5.74) is 0. The second-order valence-electron chi connectivity index (χ2n) is 6.05. The lowest BCUT2D eigenvalue weighted by Gasteiger charge is -2.38. The van der Waals surface area contributed by atoms with Crippen LogP contribution in [0.1, 0.15) is 32.6 Å². The number of rotatable bonds is 4. The lowest BCUT2D eigenvalue weighted by Crippen LogP contribution is -2.63. The number of carbonyl (C=O) groups is 2. The zero-order valence-electron chi connectivity index (χ0n) is 11.4. The molecule has 3 aliphatic rings. The van der Waals surface area contributed by atoms with Crippen molar-refractivity contribution in [3.8, 4) is 0 Å². The smallest absolute Gasteiger partial charge is 0.246 e. The highest BCUT2D eigenvalue weighted by molar-refractivity contribution is 5.97. The van der Waals surface area contributed by atoms with Gasteiger partial charge in [-0.25, -0.2) is 0 Å². The minimum absolute atomic E-state index is 0.000767. The number of nitrogens with zero attached hydrogens (tertiary/aromatic N) is 1. The molecular formula is C14H22N2O3. The van der Waals surface area contributed by atoms with Crippen molar-refractivity contribution in [2.75, 3.05) is 19.8 Å². The number of hydrogen-bond donors (Lipinski definition) is 1. The summed E-state index contributed by atoms with van der Waals surface area (Å²) in [6.45, 7) is 4.14. The molecule has 2 aliphatic heterocycles. The first-order valence-electron chi connectivity index (χ1n) is 7.35. The highest BCUT2D eigenvalue weighted by atomic mass is 16.5. The lowest BCUT2D eigenvalue weighted by atomic mass is 10.0. The van der Waals surface area contributed by atoms with Crippen molar-refractivity contribution >= 4 is 11.8 Å². The first kappa shape index (κ1) is 12.9. The fourth-order valence-electron chi connectivity index (χ4n) is 3.03. The zero-order valence-corrected chi connectivity index (χ0v) is 11.4. The average Bonchev–Trinajstić information content (AvgIpc) is 3.10. The molecule has 0 spiro atoms. The summed E-state index contributed by atoms with van der Waals surface area (Å²) in [6.07, 6.45) is 4.15. The molecule has 1 N–H and O–H groups in total. The Morgan fingerprint density at radius 1 is 1.32 bits per heavy atom. The van der Waals surface area contributed by atoms with Crippen LogP contribution in [-0.2, 0) is 14.3 Å². The maximum atomic E-state index is 12.4. The molecule has 2 heterocycles. The van der Waals surface area contributed by atoms with Gasteiger partial charge in [-0.15, -0.1) is 0 Å². The molecule has 2 amide bonds. The third-order valence-corrected chi connectivity index (χ3v) is 4.59. The van der Waals surface area contributed by atoms with Gasteiger partial charge in [0.2, 0.25) is 11.8 Å². The molecule has 19 heavy (non-hydrogen) atoms. The van der Waals surface area contributed by atoms with E-state index in [0.717, 1.165) is 38.9 Å². The van der Waals surface area contributed by atoms with Crippen molar-refractivity contribution in [2.45, 2.75) is 44.7 Å². The van der Waals surface area contributed by atoms with Gasteiger partial charge in [0.05, 0.1) is 0 Å².